The molecule has 1 aromatic carbocycles. The van der Waals surface area contributed by atoms with Crippen LogP contribution in [0, 0.1) is 0 Å². The molecule has 1 saturated heterocycles. The normalized spacial score (nSPS) is 15.8. The molecule has 3 N–H and O–H groups in total. The highest BCUT2D eigenvalue weighted by atomic mass is 35.5. The minimum Gasteiger partial charge on any atom is -0.398 e. The van der Waals surface area contributed by atoms with E-state index in [1.807, 2.05) is 4.90 Å². The number of benzene rings is 1. The Morgan fingerprint density at radius 3 is 2.43 bits per heavy atom. The highest BCUT2D eigenvalue weighted by Crippen LogP contribution is 2.12. The monoisotopic (exact) mass is 311 g/mol. The number of hydrogen-bond acceptors (Lipinski definition) is 3. The van der Waals surface area contributed by atoms with E-state index in [-0.39, 0.29) is 24.2 Å². The first-order valence-corrected chi connectivity index (χ1v) is 7.04. The fourth-order valence-corrected chi connectivity index (χ4v) is 2.43. The second kappa shape index (κ2) is 7.88. The second-order valence-corrected chi connectivity index (χ2v) is 5.17. The molecule has 116 valence electrons. The third-order valence-corrected chi connectivity index (χ3v) is 3.59. The molecule has 1 aromatic rings. The molecule has 2 amide bonds. The molecule has 1 unspecified atom stereocenters. The Morgan fingerprint density at radius 1 is 1.19 bits per heavy atom. The van der Waals surface area contributed by atoms with Gasteiger partial charge in [-0.05, 0) is 38.3 Å². The molecule has 0 aromatic heterocycles. The number of amides is 2. The van der Waals surface area contributed by atoms with Crippen LogP contribution in [0.1, 0.15) is 36.5 Å². The van der Waals surface area contributed by atoms with Crippen molar-refractivity contribution in [1.82, 2.24) is 10.2 Å². The number of para-hydroxylation sites is 1. The average Bonchev–Trinajstić information content (AvgIpc) is 2.47. The maximum atomic E-state index is 12.2. The first kappa shape index (κ1) is 17.3. The smallest absolute Gasteiger partial charge is 0.254 e. The molecule has 0 aliphatic carbocycles. The molecule has 0 bridgehead atoms. The second-order valence-electron chi connectivity index (χ2n) is 5.17. The predicted octanol–water partition coefficient (Wildman–Crippen LogP) is 1.82. The number of rotatable bonds is 3. The van der Waals surface area contributed by atoms with E-state index < -0.39 is 6.04 Å². The van der Waals surface area contributed by atoms with E-state index >= 15 is 0 Å². The van der Waals surface area contributed by atoms with Crippen molar-refractivity contribution in [3.05, 3.63) is 29.8 Å². The van der Waals surface area contributed by atoms with E-state index in [0.717, 1.165) is 25.9 Å². The lowest BCUT2D eigenvalue weighted by molar-refractivity contribution is -0.133. The largest absolute Gasteiger partial charge is 0.398 e. The van der Waals surface area contributed by atoms with Gasteiger partial charge in [-0.3, -0.25) is 9.59 Å². The number of anilines is 1. The number of carbonyl (C=O) groups excluding carboxylic acids is 2. The number of carbonyl (C=O) groups is 2. The fourth-order valence-electron chi connectivity index (χ4n) is 2.43. The van der Waals surface area contributed by atoms with Crippen LogP contribution in [0.25, 0.3) is 0 Å². The summed E-state index contributed by atoms with van der Waals surface area (Å²) in [5.41, 5.74) is 6.59. The van der Waals surface area contributed by atoms with E-state index in [4.69, 9.17) is 5.73 Å². The lowest BCUT2D eigenvalue weighted by atomic mass is 10.1. The summed E-state index contributed by atoms with van der Waals surface area (Å²) in [6.45, 7) is 3.28. The van der Waals surface area contributed by atoms with Crippen molar-refractivity contribution in [3.63, 3.8) is 0 Å². The van der Waals surface area contributed by atoms with Crippen LogP contribution in [0.15, 0.2) is 24.3 Å². The lowest BCUT2D eigenvalue weighted by Crippen LogP contribution is -2.48. The molecule has 0 radical (unpaired) electrons. The zero-order chi connectivity index (χ0) is 14.5. The zero-order valence-electron chi connectivity index (χ0n) is 12.2. The summed E-state index contributed by atoms with van der Waals surface area (Å²) in [6.07, 6.45) is 3.25. The topological polar surface area (TPSA) is 75.4 Å². The molecular formula is C15H22ClN3O2. The fraction of sp³-hybridized carbons (Fsp3) is 0.467. The van der Waals surface area contributed by atoms with Crippen molar-refractivity contribution in [2.45, 2.75) is 32.2 Å². The summed E-state index contributed by atoms with van der Waals surface area (Å²) in [5, 5.41) is 2.72. The van der Waals surface area contributed by atoms with Crippen LogP contribution in [0.5, 0.6) is 0 Å². The van der Waals surface area contributed by atoms with Crippen LogP contribution in [0.3, 0.4) is 0 Å². The van der Waals surface area contributed by atoms with E-state index in [1.54, 1.807) is 31.2 Å². The van der Waals surface area contributed by atoms with Crippen molar-refractivity contribution in [2.24, 2.45) is 0 Å². The van der Waals surface area contributed by atoms with Crippen molar-refractivity contribution >= 4 is 29.9 Å². The maximum absolute atomic E-state index is 12.2. The molecule has 1 heterocycles. The minimum atomic E-state index is -0.528. The molecule has 1 aliphatic rings. The molecule has 1 aliphatic heterocycles. The summed E-state index contributed by atoms with van der Waals surface area (Å²) < 4.78 is 0. The van der Waals surface area contributed by atoms with Crippen LogP contribution in [-0.2, 0) is 4.79 Å². The Bertz CT molecular complexity index is 501. The van der Waals surface area contributed by atoms with Gasteiger partial charge in [0.05, 0.1) is 5.56 Å². The van der Waals surface area contributed by atoms with Gasteiger partial charge >= 0.3 is 0 Å². The minimum absolute atomic E-state index is 0. The maximum Gasteiger partial charge on any atom is 0.254 e. The SMILES string of the molecule is CC(NC(=O)c1ccccc1N)C(=O)N1CCCCC1.Cl. The highest BCUT2D eigenvalue weighted by molar-refractivity contribution is 6.01. The van der Waals surface area contributed by atoms with E-state index in [1.165, 1.54) is 6.42 Å². The molecule has 2 rings (SSSR count). The summed E-state index contributed by atoms with van der Waals surface area (Å²) in [7, 11) is 0. The quantitative estimate of drug-likeness (QED) is 0.836. The zero-order valence-corrected chi connectivity index (χ0v) is 13.0. The van der Waals surface area contributed by atoms with Gasteiger partial charge in [0, 0.05) is 18.8 Å². The van der Waals surface area contributed by atoms with Gasteiger partial charge in [-0.1, -0.05) is 12.1 Å². The third kappa shape index (κ3) is 4.36. The number of halogens is 1. The first-order chi connectivity index (χ1) is 9.59. The number of nitrogens with zero attached hydrogens (tertiary/aromatic N) is 1. The Morgan fingerprint density at radius 2 is 1.81 bits per heavy atom. The Labute approximate surface area is 131 Å². The number of piperidine rings is 1. The number of hydrogen-bond donors (Lipinski definition) is 2. The number of nitrogen functional groups attached to an aromatic ring is 1. The standard InChI is InChI=1S/C15H21N3O2.ClH/c1-11(15(20)18-9-5-2-6-10-18)17-14(19)12-7-3-4-8-13(12)16;/h3-4,7-8,11H,2,5-6,9-10,16H2,1H3,(H,17,19);1H. The summed E-state index contributed by atoms with van der Waals surface area (Å²) in [5.74, 6) is -0.325. The predicted molar refractivity (Wildman–Crippen MR) is 85.5 cm³/mol. The lowest BCUT2D eigenvalue weighted by Gasteiger charge is -2.29. The molecule has 1 fully saturated rings. The first-order valence-electron chi connectivity index (χ1n) is 7.04. The number of nitrogens with two attached hydrogens (primary N) is 1. The van der Waals surface area contributed by atoms with E-state index in [0.29, 0.717) is 11.3 Å². The molecular weight excluding hydrogens is 290 g/mol. The Balaban J connectivity index is 0.00000220. The summed E-state index contributed by atoms with van der Waals surface area (Å²) >= 11 is 0. The van der Waals surface area contributed by atoms with Crippen LogP contribution in [0.4, 0.5) is 5.69 Å². The van der Waals surface area contributed by atoms with Crippen molar-refractivity contribution < 1.29 is 9.59 Å². The third-order valence-electron chi connectivity index (χ3n) is 3.59. The molecule has 5 nitrogen and oxygen atoms in total. The van der Waals surface area contributed by atoms with Crippen LogP contribution < -0.4 is 11.1 Å². The van der Waals surface area contributed by atoms with E-state index in [9.17, 15) is 9.59 Å². The van der Waals surface area contributed by atoms with Gasteiger partial charge in [0.25, 0.3) is 5.91 Å². The van der Waals surface area contributed by atoms with Gasteiger partial charge < -0.3 is 16.0 Å². The van der Waals surface area contributed by atoms with Crippen LogP contribution >= 0.6 is 12.4 Å². The Hall–Kier alpha value is -1.75. The van der Waals surface area contributed by atoms with Crippen LogP contribution in [-0.4, -0.2) is 35.8 Å². The highest BCUT2D eigenvalue weighted by Gasteiger charge is 2.24. The number of likely N-dealkylation sites (tertiary alicyclic amines) is 1. The molecule has 6 heteroatoms. The number of nitrogens with one attached hydrogen (secondary N) is 1. The van der Waals surface area contributed by atoms with Gasteiger partial charge in [0.1, 0.15) is 6.04 Å². The average molecular weight is 312 g/mol. The van der Waals surface area contributed by atoms with Crippen LogP contribution in [0.2, 0.25) is 0 Å². The van der Waals surface area contributed by atoms with Gasteiger partial charge in [0.2, 0.25) is 5.91 Å². The van der Waals surface area contributed by atoms with Gasteiger partial charge in [-0.25, -0.2) is 0 Å². The molecule has 1 atom stereocenters. The van der Waals surface area contributed by atoms with E-state index in [2.05, 4.69) is 5.32 Å². The summed E-state index contributed by atoms with van der Waals surface area (Å²) in [6, 6.07) is 6.33. The molecule has 21 heavy (non-hydrogen) atoms. The van der Waals surface area contributed by atoms with Gasteiger partial charge in [0.15, 0.2) is 0 Å². The Kier molecular flexibility index (Phi) is 6.49. The van der Waals surface area contributed by atoms with Crippen molar-refractivity contribution in [3.8, 4) is 0 Å². The van der Waals surface area contributed by atoms with Gasteiger partial charge in [-0.2, -0.15) is 0 Å². The summed E-state index contributed by atoms with van der Waals surface area (Å²) in [4.78, 5) is 26.2. The van der Waals surface area contributed by atoms with Crippen molar-refractivity contribution in [2.75, 3.05) is 18.8 Å². The van der Waals surface area contributed by atoms with Gasteiger partial charge in [-0.15, -0.1) is 12.4 Å². The molecule has 0 saturated carbocycles. The van der Waals surface area contributed by atoms with Crippen molar-refractivity contribution in [1.29, 1.82) is 0 Å². The molecule has 0 spiro atoms.